The Morgan fingerprint density at radius 3 is 2.53 bits per heavy atom. The number of ether oxygens (including phenoxy) is 5. The van der Waals surface area contributed by atoms with E-state index < -0.39 is 35.3 Å². The van der Waals surface area contributed by atoms with Gasteiger partial charge in [-0.15, -0.1) is 5.10 Å². The number of nitrogens with one attached hydrogen (secondary N) is 1. The Morgan fingerprint density at radius 2 is 1.78 bits per heavy atom. The van der Waals surface area contributed by atoms with E-state index >= 15 is 0 Å². The van der Waals surface area contributed by atoms with Crippen LogP contribution in [0.1, 0.15) is 53.5 Å². The van der Waals surface area contributed by atoms with E-state index in [1.165, 1.54) is 23.9 Å². The Labute approximate surface area is 257 Å². The van der Waals surface area contributed by atoms with Crippen LogP contribution in [0.3, 0.4) is 0 Å². The Kier molecular flexibility index (Phi) is 7.31. The first-order valence-corrected chi connectivity index (χ1v) is 14.0. The van der Waals surface area contributed by atoms with E-state index in [2.05, 4.69) is 15.6 Å². The molecule has 13 nitrogen and oxygen atoms in total. The van der Waals surface area contributed by atoms with Gasteiger partial charge in [-0.05, 0) is 51.1 Å². The molecule has 3 aromatic carbocycles. The van der Waals surface area contributed by atoms with Gasteiger partial charge in [0.05, 0.1) is 25.4 Å². The number of phenolic OH excluding ortho intramolecular Hbond substituents is 1. The van der Waals surface area contributed by atoms with Crippen molar-refractivity contribution in [2.24, 2.45) is 0 Å². The monoisotopic (exact) mass is 614 g/mol. The normalized spacial score (nSPS) is 16.8. The molecule has 13 heteroatoms. The summed E-state index contributed by atoms with van der Waals surface area (Å²) in [7, 11) is 1.22. The highest BCUT2D eigenvalue weighted by molar-refractivity contribution is 5.97. The van der Waals surface area contributed by atoms with Crippen LogP contribution in [0.15, 0.2) is 66.9 Å². The summed E-state index contributed by atoms with van der Waals surface area (Å²) in [6, 6.07) is 16.0. The molecule has 1 unspecified atom stereocenters. The highest BCUT2D eigenvalue weighted by Crippen LogP contribution is 2.56. The molecule has 0 saturated heterocycles. The minimum absolute atomic E-state index is 0.00353. The fourth-order valence-corrected chi connectivity index (χ4v) is 5.34. The minimum atomic E-state index is -1.27. The van der Waals surface area contributed by atoms with Gasteiger partial charge in [-0.3, -0.25) is 0 Å². The number of hydrogen-bond acceptors (Lipinski definition) is 11. The number of methoxy groups -OCH3 is 1. The minimum Gasteiger partial charge on any atom is -0.508 e. The third-order valence-corrected chi connectivity index (χ3v) is 7.19. The Balaban J connectivity index is 1.21. The van der Waals surface area contributed by atoms with Crippen LogP contribution in [0.5, 0.6) is 23.0 Å². The lowest BCUT2D eigenvalue weighted by molar-refractivity contribution is -0.143. The standard InChI is InChI=1S/C32H30N4O9/c1-31(2,3)45-30(40)33-25(29(39)41-4)16-36-15-18(34-35-36)17-42-20-10-12-24-27(14-20)43-26-13-19(37)9-11-23(26)32(24)22-8-6-5-7-21(22)28(38)44-32/h5-15,25,37H,16-17H2,1-4H3,(H,33,40)/t25-,32?/m0/s1. The summed E-state index contributed by atoms with van der Waals surface area (Å²) in [5.41, 5.74) is 0.731. The highest BCUT2D eigenvalue weighted by atomic mass is 16.6. The van der Waals surface area contributed by atoms with E-state index in [4.69, 9.17) is 23.7 Å². The van der Waals surface area contributed by atoms with Crippen LogP contribution in [0, 0.1) is 0 Å². The van der Waals surface area contributed by atoms with Gasteiger partial charge in [-0.2, -0.15) is 0 Å². The molecule has 1 aromatic heterocycles. The van der Waals surface area contributed by atoms with Crippen molar-refractivity contribution in [2.45, 2.75) is 51.2 Å². The quantitative estimate of drug-likeness (QED) is 0.227. The Morgan fingerprint density at radius 1 is 1.04 bits per heavy atom. The number of carbonyl (C=O) groups is 3. The molecule has 0 fully saturated rings. The summed E-state index contributed by atoms with van der Waals surface area (Å²) >= 11 is 0. The number of benzene rings is 3. The molecule has 1 spiro atoms. The fourth-order valence-electron chi connectivity index (χ4n) is 5.34. The van der Waals surface area contributed by atoms with Gasteiger partial charge in [0.1, 0.15) is 46.9 Å². The summed E-state index contributed by atoms with van der Waals surface area (Å²) in [6.45, 7) is 5.09. The van der Waals surface area contributed by atoms with Gasteiger partial charge in [0.2, 0.25) is 0 Å². The maximum atomic E-state index is 13.0. The largest absolute Gasteiger partial charge is 0.508 e. The summed E-state index contributed by atoms with van der Waals surface area (Å²) in [4.78, 5) is 37.5. The van der Waals surface area contributed by atoms with Crippen LogP contribution >= 0.6 is 0 Å². The average Bonchev–Trinajstić information content (AvgIpc) is 3.56. The first-order chi connectivity index (χ1) is 21.5. The zero-order valence-electron chi connectivity index (χ0n) is 24.9. The van der Waals surface area contributed by atoms with E-state index in [1.54, 1.807) is 63.4 Å². The Hall–Kier alpha value is -5.59. The molecule has 3 heterocycles. The molecule has 2 atom stereocenters. The maximum Gasteiger partial charge on any atom is 0.408 e. The molecular weight excluding hydrogens is 584 g/mol. The van der Waals surface area contributed by atoms with Gasteiger partial charge in [-0.1, -0.05) is 23.4 Å². The van der Waals surface area contributed by atoms with E-state index in [0.29, 0.717) is 45.2 Å². The van der Waals surface area contributed by atoms with E-state index in [0.717, 1.165) is 0 Å². The molecule has 2 aliphatic rings. The predicted molar refractivity (Wildman–Crippen MR) is 156 cm³/mol. The zero-order valence-corrected chi connectivity index (χ0v) is 24.9. The van der Waals surface area contributed by atoms with Gasteiger partial charge in [0, 0.05) is 28.8 Å². The second kappa shape index (κ2) is 11.2. The molecule has 0 aliphatic carbocycles. The topological polar surface area (TPSA) is 160 Å². The Bertz CT molecular complexity index is 1810. The van der Waals surface area contributed by atoms with Crippen LogP contribution < -0.4 is 14.8 Å². The number of phenols is 1. The zero-order chi connectivity index (χ0) is 31.9. The molecule has 2 N–H and O–H groups in total. The third kappa shape index (κ3) is 5.59. The maximum absolute atomic E-state index is 13.0. The summed E-state index contributed by atoms with van der Waals surface area (Å²) in [6.07, 6.45) is 0.802. The number of aromatic hydroxyl groups is 1. The van der Waals surface area contributed by atoms with Crippen molar-refractivity contribution in [2.75, 3.05) is 7.11 Å². The van der Waals surface area contributed by atoms with E-state index in [1.807, 2.05) is 12.1 Å². The van der Waals surface area contributed by atoms with Gasteiger partial charge in [0.25, 0.3) is 0 Å². The number of fused-ring (bicyclic) bond motifs is 6. The summed E-state index contributed by atoms with van der Waals surface area (Å²) < 4.78 is 29.7. The van der Waals surface area contributed by atoms with E-state index in [9.17, 15) is 19.5 Å². The number of rotatable bonds is 7. The van der Waals surface area contributed by atoms with Crippen molar-refractivity contribution in [3.05, 3.63) is 94.8 Å². The fraction of sp³-hybridized carbons (Fsp3) is 0.281. The van der Waals surface area contributed by atoms with Crippen LogP contribution in [-0.4, -0.2) is 56.9 Å². The molecule has 4 aromatic rings. The van der Waals surface area contributed by atoms with Gasteiger partial charge >= 0.3 is 18.0 Å². The number of alkyl carbamates (subject to hydrolysis) is 1. The van der Waals surface area contributed by atoms with Gasteiger partial charge < -0.3 is 34.1 Å². The number of hydrogen-bond donors (Lipinski definition) is 2. The lowest BCUT2D eigenvalue weighted by Gasteiger charge is -2.36. The van der Waals surface area contributed by atoms with Crippen molar-refractivity contribution in [1.82, 2.24) is 20.3 Å². The first kappa shape index (κ1) is 29.5. The lowest BCUT2D eigenvalue weighted by atomic mass is 9.77. The molecule has 232 valence electrons. The summed E-state index contributed by atoms with van der Waals surface area (Å²) in [5, 5.41) is 20.8. The number of amides is 1. The van der Waals surface area contributed by atoms with Crippen LogP contribution in [0.2, 0.25) is 0 Å². The highest BCUT2D eigenvalue weighted by Gasteiger charge is 2.53. The third-order valence-electron chi connectivity index (χ3n) is 7.19. The predicted octanol–water partition coefficient (Wildman–Crippen LogP) is 4.20. The number of carbonyl (C=O) groups excluding carboxylic acids is 3. The summed E-state index contributed by atoms with van der Waals surface area (Å²) in [5.74, 6) is 0.0121. The van der Waals surface area contributed by atoms with Gasteiger partial charge in [0.15, 0.2) is 5.60 Å². The number of esters is 2. The average molecular weight is 615 g/mol. The molecule has 45 heavy (non-hydrogen) atoms. The van der Waals surface area contributed by atoms with Crippen LogP contribution in [-0.2, 0) is 37.8 Å². The van der Waals surface area contributed by atoms with Crippen LogP contribution in [0.25, 0.3) is 0 Å². The smallest absolute Gasteiger partial charge is 0.408 e. The number of nitrogens with zero attached hydrogens (tertiary/aromatic N) is 3. The molecule has 1 amide bonds. The van der Waals surface area contributed by atoms with Crippen LogP contribution in [0.4, 0.5) is 4.79 Å². The molecule has 2 aliphatic heterocycles. The first-order valence-electron chi connectivity index (χ1n) is 14.0. The SMILES string of the molecule is COC(=O)[C@H](Cn1cc(COc2ccc3c(c2)Oc2cc(O)ccc2C32OC(=O)c3ccccc32)nn1)NC(=O)OC(C)(C)C. The van der Waals surface area contributed by atoms with Crippen molar-refractivity contribution < 1.29 is 43.2 Å². The van der Waals surface area contributed by atoms with Crippen molar-refractivity contribution in [1.29, 1.82) is 0 Å². The lowest BCUT2D eigenvalue weighted by Crippen LogP contribution is -2.46. The van der Waals surface area contributed by atoms with Crippen molar-refractivity contribution in [3.63, 3.8) is 0 Å². The van der Waals surface area contributed by atoms with Crippen molar-refractivity contribution in [3.8, 4) is 23.0 Å². The molecule has 0 radical (unpaired) electrons. The second-order valence-corrected chi connectivity index (χ2v) is 11.5. The molecular formula is C32H30N4O9. The second-order valence-electron chi connectivity index (χ2n) is 11.5. The van der Waals surface area contributed by atoms with Crippen molar-refractivity contribution >= 4 is 18.0 Å². The molecule has 0 bridgehead atoms. The molecule has 6 rings (SSSR count). The molecule has 0 saturated carbocycles. The number of aromatic nitrogens is 3. The van der Waals surface area contributed by atoms with Gasteiger partial charge in [-0.25, -0.2) is 19.1 Å². The van der Waals surface area contributed by atoms with E-state index in [-0.39, 0.29) is 18.9 Å².